The van der Waals surface area contributed by atoms with Gasteiger partial charge in [0.2, 0.25) is 0 Å². The van der Waals surface area contributed by atoms with Gasteiger partial charge in [-0.1, -0.05) is 58.4 Å². The van der Waals surface area contributed by atoms with Crippen LogP contribution in [0.5, 0.6) is 0 Å². The molecule has 1 aliphatic heterocycles. The lowest BCUT2D eigenvalue weighted by Gasteiger charge is -2.58. The summed E-state index contributed by atoms with van der Waals surface area (Å²) in [4.78, 5) is 0. The minimum absolute atomic E-state index is 0.0712. The zero-order valence-corrected chi connectivity index (χ0v) is 25.8. The molecule has 0 aromatic carbocycles. The predicted octanol–water partition coefficient (Wildman–Crippen LogP) is 5.38. The van der Waals surface area contributed by atoms with Crippen molar-refractivity contribution >= 4 is 0 Å². The van der Waals surface area contributed by atoms with Crippen molar-refractivity contribution in [1.29, 1.82) is 0 Å². The van der Waals surface area contributed by atoms with Crippen LogP contribution in [0.1, 0.15) is 99.3 Å². The second kappa shape index (κ2) is 11.4. The van der Waals surface area contributed by atoms with E-state index in [1.807, 2.05) is 0 Å². The van der Waals surface area contributed by atoms with E-state index >= 15 is 0 Å². The van der Waals surface area contributed by atoms with Gasteiger partial charge in [0, 0.05) is 0 Å². The molecule has 6 heteroatoms. The van der Waals surface area contributed by atoms with Gasteiger partial charge in [0.05, 0.1) is 18.3 Å². The Kier molecular flexibility index (Phi) is 8.74. The molecule has 4 N–H and O–H groups in total. The van der Waals surface area contributed by atoms with Gasteiger partial charge in [-0.15, -0.1) is 0 Å². The minimum atomic E-state index is -1.27. The molecule has 0 aromatic heterocycles. The van der Waals surface area contributed by atoms with Gasteiger partial charge in [-0.25, -0.2) is 0 Å². The average Bonchev–Trinajstić information content (AvgIpc) is 3.18. The third-order valence-electron chi connectivity index (χ3n) is 12.7. The first-order valence-electron chi connectivity index (χ1n) is 16.2. The topological polar surface area (TPSA) is 99.4 Å². The molecule has 0 amide bonds. The van der Waals surface area contributed by atoms with Gasteiger partial charge in [-0.05, 0) is 111 Å². The van der Waals surface area contributed by atoms with Crippen molar-refractivity contribution in [2.24, 2.45) is 46.3 Å². The second-order valence-electron chi connectivity index (χ2n) is 15.1. The molecule has 0 aromatic rings. The van der Waals surface area contributed by atoms with E-state index in [0.717, 1.165) is 44.9 Å². The number of ether oxygens (including phenoxy) is 2. The van der Waals surface area contributed by atoms with Crippen molar-refractivity contribution < 1.29 is 29.9 Å². The molecular formula is C34H56O6. The van der Waals surface area contributed by atoms with E-state index in [-0.39, 0.29) is 23.0 Å². The highest BCUT2D eigenvalue weighted by atomic mass is 16.7. The van der Waals surface area contributed by atoms with Crippen LogP contribution in [-0.4, -0.2) is 63.3 Å². The molecule has 4 fully saturated rings. The third kappa shape index (κ3) is 5.17. The Morgan fingerprint density at radius 2 is 1.77 bits per heavy atom. The van der Waals surface area contributed by atoms with Crippen LogP contribution >= 0.6 is 0 Å². The highest BCUT2D eigenvalue weighted by Gasteiger charge is 2.61. The number of hydrogen-bond donors (Lipinski definition) is 4. The van der Waals surface area contributed by atoms with Crippen LogP contribution in [0.25, 0.3) is 0 Å². The minimum Gasteiger partial charge on any atom is -0.393 e. The number of aliphatic hydroxyl groups excluding tert-OH is 4. The Labute approximate surface area is 242 Å². The van der Waals surface area contributed by atoms with Crippen LogP contribution in [0.15, 0.2) is 23.8 Å². The average molecular weight is 561 g/mol. The zero-order chi connectivity index (χ0) is 29.1. The number of hydrogen-bond acceptors (Lipinski definition) is 6. The van der Waals surface area contributed by atoms with Gasteiger partial charge in [-0.2, -0.15) is 0 Å². The molecule has 5 rings (SSSR count). The molecular weight excluding hydrogens is 504 g/mol. The number of allylic oxidation sites excluding steroid dienone is 2. The predicted molar refractivity (Wildman–Crippen MR) is 156 cm³/mol. The summed E-state index contributed by atoms with van der Waals surface area (Å²) in [6.45, 7) is 17.8. The van der Waals surface area contributed by atoms with Gasteiger partial charge in [0.25, 0.3) is 0 Å². The number of rotatable bonds is 7. The second-order valence-corrected chi connectivity index (χ2v) is 15.1. The molecule has 228 valence electrons. The maximum absolute atomic E-state index is 11.5. The lowest BCUT2D eigenvalue weighted by molar-refractivity contribution is -0.305. The highest BCUT2D eigenvalue weighted by Crippen LogP contribution is 2.67. The Morgan fingerprint density at radius 1 is 1.05 bits per heavy atom. The quantitative estimate of drug-likeness (QED) is 0.312. The van der Waals surface area contributed by atoms with Gasteiger partial charge < -0.3 is 29.9 Å². The Morgan fingerprint density at radius 3 is 2.48 bits per heavy atom. The molecule has 3 saturated carbocycles. The molecule has 40 heavy (non-hydrogen) atoms. The summed E-state index contributed by atoms with van der Waals surface area (Å²) in [7, 11) is 0. The molecule has 4 aliphatic carbocycles. The van der Waals surface area contributed by atoms with Crippen LogP contribution in [-0.2, 0) is 9.47 Å². The van der Waals surface area contributed by atoms with Crippen molar-refractivity contribution in [2.45, 2.75) is 142 Å². The third-order valence-corrected chi connectivity index (χ3v) is 12.7. The van der Waals surface area contributed by atoms with E-state index in [1.54, 1.807) is 6.92 Å². The van der Waals surface area contributed by atoms with Gasteiger partial charge >= 0.3 is 0 Å². The van der Waals surface area contributed by atoms with Gasteiger partial charge in [-0.3, -0.25) is 0 Å². The lowest BCUT2D eigenvalue weighted by Crippen LogP contribution is -2.58. The van der Waals surface area contributed by atoms with Crippen molar-refractivity contribution in [3.63, 3.8) is 0 Å². The standard InChI is InChI=1S/C34H56O6/c1-18(2)19(3)8-9-20(4)28-27(35)17-26-24-11-10-22-16-23(40-32-31(38)30(37)29(36)21(5)39-32)12-14-33(22,6)25(24)13-15-34(26,28)7/h10,18,20-21,23-32,35-38H,3,8-9,11-17H2,1-2,4-7H3. The number of fused-ring (bicyclic) bond motifs is 5. The summed E-state index contributed by atoms with van der Waals surface area (Å²) in [5.41, 5.74) is 3.14. The molecule has 0 radical (unpaired) electrons. The van der Waals surface area contributed by atoms with Crippen LogP contribution in [0.2, 0.25) is 0 Å². The monoisotopic (exact) mass is 560 g/mol. The van der Waals surface area contributed by atoms with E-state index in [4.69, 9.17) is 9.47 Å². The van der Waals surface area contributed by atoms with Gasteiger partial charge in [0.15, 0.2) is 6.29 Å². The van der Waals surface area contributed by atoms with Gasteiger partial charge in [0.1, 0.15) is 18.3 Å². The first kappa shape index (κ1) is 30.7. The maximum Gasteiger partial charge on any atom is 0.186 e. The molecule has 5 aliphatic rings. The highest BCUT2D eigenvalue weighted by molar-refractivity contribution is 5.26. The SMILES string of the molecule is C=C(CCC(C)C1C(O)CC2C3CC=C4CC(OC5OC(C)C(O)C(O)C5O)CCC4(C)C3CCC21C)C(C)C. The molecule has 0 bridgehead atoms. The Balaban J connectivity index is 1.27. The van der Waals surface area contributed by atoms with Crippen molar-refractivity contribution in [2.75, 3.05) is 0 Å². The molecule has 0 spiro atoms. The van der Waals surface area contributed by atoms with E-state index < -0.39 is 30.7 Å². The summed E-state index contributed by atoms with van der Waals surface area (Å²) in [6.07, 6.45) is 6.40. The van der Waals surface area contributed by atoms with E-state index in [1.165, 1.54) is 24.0 Å². The largest absolute Gasteiger partial charge is 0.393 e. The number of aliphatic hydroxyl groups is 4. The van der Waals surface area contributed by atoms with Crippen LogP contribution in [0, 0.1) is 46.3 Å². The summed E-state index contributed by atoms with van der Waals surface area (Å²) >= 11 is 0. The van der Waals surface area contributed by atoms with E-state index in [9.17, 15) is 20.4 Å². The van der Waals surface area contributed by atoms with Crippen LogP contribution in [0.4, 0.5) is 0 Å². The molecule has 1 saturated heterocycles. The van der Waals surface area contributed by atoms with Crippen molar-refractivity contribution in [3.05, 3.63) is 23.8 Å². The van der Waals surface area contributed by atoms with Crippen molar-refractivity contribution in [3.8, 4) is 0 Å². The molecule has 14 unspecified atom stereocenters. The van der Waals surface area contributed by atoms with Crippen LogP contribution in [0.3, 0.4) is 0 Å². The zero-order valence-electron chi connectivity index (χ0n) is 25.8. The fraction of sp³-hybridized carbons (Fsp3) is 0.882. The first-order chi connectivity index (χ1) is 18.8. The molecule has 6 nitrogen and oxygen atoms in total. The Hall–Kier alpha value is -0.760. The molecule has 14 atom stereocenters. The van der Waals surface area contributed by atoms with Crippen molar-refractivity contribution in [1.82, 2.24) is 0 Å². The Bertz CT molecular complexity index is 962. The fourth-order valence-electron chi connectivity index (χ4n) is 10.0. The smallest absolute Gasteiger partial charge is 0.186 e. The van der Waals surface area contributed by atoms with E-state index in [0.29, 0.717) is 35.5 Å². The van der Waals surface area contributed by atoms with E-state index in [2.05, 4.69) is 47.3 Å². The summed E-state index contributed by atoms with van der Waals surface area (Å²) in [5, 5.41) is 42.2. The summed E-state index contributed by atoms with van der Waals surface area (Å²) in [5.74, 6) is 3.18. The normalized spacial score (nSPS) is 49.6. The fourth-order valence-corrected chi connectivity index (χ4v) is 10.0. The summed E-state index contributed by atoms with van der Waals surface area (Å²) < 4.78 is 12.0. The maximum atomic E-state index is 11.5. The first-order valence-corrected chi connectivity index (χ1v) is 16.2. The summed E-state index contributed by atoms with van der Waals surface area (Å²) in [6, 6.07) is 0. The lowest BCUT2D eigenvalue weighted by atomic mass is 9.47. The molecule has 1 heterocycles. The van der Waals surface area contributed by atoms with Crippen LogP contribution < -0.4 is 0 Å².